The molecule has 3 aromatic rings. The molecule has 0 bridgehead atoms. The summed E-state index contributed by atoms with van der Waals surface area (Å²) in [6.07, 6.45) is 1.45. The van der Waals surface area contributed by atoms with Gasteiger partial charge in [-0.25, -0.2) is 9.37 Å². The predicted octanol–water partition coefficient (Wildman–Crippen LogP) is 4.33. The minimum atomic E-state index is -0.784. The molecule has 0 saturated carbocycles. The molecule has 4 rings (SSSR count). The highest BCUT2D eigenvalue weighted by molar-refractivity contribution is 7.18. The maximum Gasteiger partial charge on any atom is 0.307 e. The molecule has 0 spiro atoms. The molecule has 1 aromatic heterocycles. The first-order chi connectivity index (χ1) is 13.6. The van der Waals surface area contributed by atoms with Crippen molar-refractivity contribution in [3.63, 3.8) is 0 Å². The van der Waals surface area contributed by atoms with E-state index in [1.165, 1.54) is 13.2 Å². The summed E-state index contributed by atoms with van der Waals surface area (Å²) in [6.45, 7) is 1.17. The number of thiazole rings is 1. The second kappa shape index (κ2) is 7.85. The average molecular weight is 400 g/mol. The van der Waals surface area contributed by atoms with E-state index in [0.29, 0.717) is 13.0 Å². The third-order valence-electron chi connectivity index (χ3n) is 5.20. The molecule has 0 amide bonds. The highest BCUT2D eigenvalue weighted by atomic mass is 32.1. The lowest BCUT2D eigenvalue weighted by atomic mass is 9.95. The first kappa shape index (κ1) is 18.8. The minimum Gasteiger partial charge on any atom is -0.494 e. The number of carboxylic acid groups (broad SMARTS) is 1. The standard InChI is InChI=1S/C21H21FN2O3S/c1-27-17-9-8-13(11-15(17)22)19(24-10-4-5-14(12-24)21(25)26)20-23-16-6-2-3-7-18(16)28-20/h2-3,6-9,11,14,19H,4-5,10,12H2,1H3,(H,25,26). The number of carboxylic acids is 1. The topological polar surface area (TPSA) is 62.7 Å². The minimum absolute atomic E-state index is 0.189. The molecule has 5 nitrogen and oxygen atoms in total. The number of hydrogen-bond acceptors (Lipinski definition) is 5. The van der Waals surface area contributed by atoms with Crippen molar-refractivity contribution in [1.82, 2.24) is 9.88 Å². The molecule has 1 aliphatic heterocycles. The van der Waals surface area contributed by atoms with Gasteiger partial charge in [-0.15, -0.1) is 11.3 Å². The van der Waals surface area contributed by atoms with Crippen LogP contribution >= 0.6 is 11.3 Å². The van der Waals surface area contributed by atoms with Crippen molar-refractivity contribution in [1.29, 1.82) is 0 Å². The van der Waals surface area contributed by atoms with Crippen molar-refractivity contribution in [3.05, 3.63) is 58.9 Å². The SMILES string of the molecule is COc1ccc(C(c2nc3ccccc3s2)N2CCCC(C(=O)O)C2)cc1F. The quantitative estimate of drug-likeness (QED) is 0.691. The Morgan fingerprint density at radius 2 is 2.18 bits per heavy atom. The number of rotatable bonds is 5. The number of fused-ring (bicyclic) bond motifs is 1. The zero-order chi connectivity index (χ0) is 19.7. The van der Waals surface area contributed by atoms with Gasteiger partial charge in [-0.3, -0.25) is 9.69 Å². The lowest BCUT2D eigenvalue weighted by Crippen LogP contribution is -2.41. The third-order valence-corrected chi connectivity index (χ3v) is 6.29. The highest BCUT2D eigenvalue weighted by Gasteiger charge is 2.33. The molecule has 28 heavy (non-hydrogen) atoms. The van der Waals surface area contributed by atoms with Crippen molar-refractivity contribution >= 4 is 27.5 Å². The zero-order valence-corrected chi connectivity index (χ0v) is 16.3. The number of hydrogen-bond donors (Lipinski definition) is 1. The maximum absolute atomic E-state index is 14.4. The van der Waals surface area contributed by atoms with Gasteiger partial charge in [0, 0.05) is 6.54 Å². The number of carbonyl (C=O) groups is 1. The molecular formula is C21H21FN2O3S. The van der Waals surface area contributed by atoms with Crippen LogP contribution in [0.4, 0.5) is 4.39 Å². The van der Waals surface area contributed by atoms with E-state index in [-0.39, 0.29) is 11.8 Å². The summed E-state index contributed by atoms with van der Waals surface area (Å²) in [4.78, 5) is 18.5. The smallest absolute Gasteiger partial charge is 0.307 e. The first-order valence-electron chi connectivity index (χ1n) is 9.22. The Labute approximate surface area is 166 Å². The molecular weight excluding hydrogens is 379 g/mol. The zero-order valence-electron chi connectivity index (χ0n) is 15.5. The van der Waals surface area contributed by atoms with Crippen molar-refractivity contribution in [2.24, 2.45) is 5.92 Å². The van der Waals surface area contributed by atoms with Crippen molar-refractivity contribution < 1.29 is 19.0 Å². The first-order valence-corrected chi connectivity index (χ1v) is 10.0. The average Bonchev–Trinajstić information content (AvgIpc) is 3.12. The summed E-state index contributed by atoms with van der Waals surface area (Å²) >= 11 is 1.57. The van der Waals surface area contributed by atoms with E-state index < -0.39 is 17.7 Å². The van der Waals surface area contributed by atoms with Crippen LogP contribution in [-0.2, 0) is 4.79 Å². The largest absolute Gasteiger partial charge is 0.494 e. The molecule has 1 aliphatic rings. The van der Waals surface area contributed by atoms with Crippen LogP contribution in [0.5, 0.6) is 5.75 Å². The lowest BCUT2D eigenvalue weighted by Gasteiger charge is -2.36. The summed E-state index contributed by atoms with van der Waals surface area (Å²) in [6, 6.07) is 12.5. The van der Waals surface area contributed by atoms with Crippen molar-refractivity contribution in [2.75, 3.05) is 20.2 Å². The van der Waals surface area contributed by atoms with Gasteiger partial charge in [0.25, 0.3) is 0 Å². The second-order valence-electron chi connectivity index (χ2n) is 6.99. The molecule has 146 valence electrons. The molecule has 1 saturated heterocycles. The van der Waals surface area contributed by atoms with E-state index in [2.05, 4.69) is 4.90 Å². The third kappa shape index (κ3) is 3.59. The Morgan fingerprint density at radius 1 is 1.36 bits per heavy atom. The van der Waals surface area contributed by atoms with Gasteiger partial charge < -0.3 is 9.84 Å². The number of aromatic nitrogens is 1. The normalized spacial score (nSPS) is 18.9. The fourth-order valence-corrected chi connectivity index (χ4v) is 4.94. The van der Waals surface area contributed by atoms with Crippen LogP contribution in [0, 0.1) is 11.7 Å². The van der Waals surface area contributed by atoms with Gasteiger partial charge in [0.15, 0.2) is 11.6 Å². The molecule has 0 radical (unpaired) electrons. The summed E-state index contributed by atoms with van der Waals surface area (Å²) < 4.78 is 20.6. The predicted molar refractivity (Wildman–Crippen MR) is 106 cm³/mol. The Bertz CT molecular complexity index is 973. The summed E-state index contributed by atoms with van der Waals surface area (Å²) in [5.74, 6) is -1.45. The number of likely N-dealkylation sites (tertiary alicyclic amines) is 1. The van der Waals surface area contributed by atoms with Crippen LogP contribution in [0.15, 0.2) is 42.5 Å². The number of benzene rings is 2. The Balaban J connectivity index is 1.78. The Hall–Kier alpha value is -2.51. The Morgan fingerprint density at radius 3 is 2.89 bits per heavy atom. The molecule has 0 aliphatic carbocycles. The molecule has 2 atom stereocenters. The van der Waals surface area contributed by atoms with E-state index in [1.54, 1.807) is 17.4 Å². The van der Waals surface area contributed by atoms with Gasteiger partial charge in [0.1, 0.15) is 5.01 Å². The number of aliphatic carboxylic acids is 1. The van der Waals surface area contributed by atoms with Crippen molar-refractivity contribution in [3.8, 4) is 5.75 Å². The second-order valence-corrected chi connectivity index (χ2v) is 8.05. The van der Waals surface area contributed by atoms with Gasteiger partial charge in [-0.2, -0.15) is 0 Å². The molecule has 1 N–H and O–H groups in total. The number of nitrogens with zero attached hydrogens (tertiary/aromatic N) is 2. The van der Waals surface area contributed by atoms with Crippen LogP contribution in [0.1, 0.15) is 29.5 Å². The van der Waals surface area contributed by atoms with Crippen LogP contribution in [0.2, 0.25) is 0 Å². The van der Waals surface area contributed by atoms with Gasteiger partial charge in [-0.05, 0) is 49.2 Å². The lowest BCUT2D eigenvalue weighted by molar-refractivity contribution is -0.143. The number of methoxy groups -OCH3 is 1. The fourth-order valence-electron chi connectivity index (χ4n) is 3.81. The van der Waals surface area contributed by atoms with Crippen LogP contribution in [-0.4, -0.2) is 41.2 Å². The van der Waals surface area contributed by atoms with E-state index >= 15 is 0 Å². The summed E-state index contributed by atoms with van der Waals surface area (Å²) in [5.41, 5.74) is 1.65. The Kier molecular flexibility index (Phi) is 5.28. The number of halogens is 1. The number of para-hydroxylation sites is 1. The molecule has 7 heteroatoms. The molecule has 2 aromatic carbocycles. The molecule has 2 unspecified atom stereocenters. The fraction of sp³-hybridized carbons (Fsp3) is 0.333. The molecule has 2 heterocycles. The van der Waals surface area contributed by atoms with Gasteiger partial charge in [-0.1, -0.05) is 18.2 Å². The summed E-state index contributed by atoms with van der Waals surface area (Å²) in [7, 11) is 1.44. The summed E-state index contributed by atoms with van der Waals surface area (Å²) in [5, 5.41) is 10.3. The molecule has 1 fully saturated rings. The van der Waals surface area contributed by atoms with E-state index in [1.807, 2.05) is 30.3 Å². The number of piperidine rings is 1. The van der Waals surface area contributed by atoms with Crippen LogP contribution in [0.3, 0.4) is 0 Å². The van der Waals surface area contributed by atoms with E-state index in [0.717, 1.165) is 33.8 Å². The maximum atomic E-state index is 14.4. The van der Waals surface area contributed by atoms with Gasteiger partial charge in [0.05, 0.1) is 29.3 Å². The van der Waals surface area contributed by atoms with Crippen molar-refractivity contribution in [2.45, 2.75) is 18.9 Å². The monoisotopic (exact) mass is 400 g/mol. The van der Waals surface area contributed by atoms with Gasteiger partial charge in [0.2, 0.25) is 0 Å². The van der Waals surface area contributed by atoms with E-state index in [9.17, 15) is 14.3 Å². The highest BCUT2D eigenvalue weighted by Crippen LogP contribution is 2.37. The van der Waals surface area contributed by atoms with Crippen LogP contribution in [0.25, 0.3) is 10.2 Å². The number of ether oxygens (including phenoxy) is 1. The van der Waals surface area contributed by atoms with Crippen LogP contribution < -0.4 is 4.74 Å². The van der Waals surface area contributed by atoms with E-state index in [4.69, 9.17) is 9.72 Å². The van der Waals surface area contributed by atoms with Gasteiger partial charge >= 0.3 is 5.97 Å².